The molecule has 0 N–H and O–H groups in total. The summed E-state index contributed by atoms with van der Waals surface area (Å²) in [6.45, 7) is 2.24. The molecule has 86 valence electrons. The molecule has 0 bridgehead atoms. The monoisotopic (exact) mass is 214 g/mol. The molecule has 1 aliphatic carbocycles. The van der Waals surface area contributed by atoms with Crippen LogP contribution in [0.2, 0.25) is 0 Å². The van der Waals surface area contributed by atoms with Crippen molar-refractivity contribution in [1.82, 2.24) is 0 Å². The van der Waals surface area contributed by atoms with Crippen molar-refractivity contribution in [3.8, 4) is 0 Å². The fourth-order valence-corrected chi connectivity index (χ4v) is 2.38. The van der Waals surface area contributed by atoms with Gasteiger partial charge in [0.2, 0.25) is 0 Å². The van der Waals surface area contributed by atoms with E-state index in [1.807, 2.05) is 6.92 Å². The second kappa shape index (κ2) is 4.10. The lowest BCUT2D eigenvalue weighted by atomic mass is 9.85. The van der Waals surface area contributed by atoms with Crippen molar-refractivity contribution < 1.29 is 19.0 Å². The van der Waals surface area contributed by atoms with Gasteiger partial charge in [-0.15, -0.1) is 0 Å². The Bertz CT molecular complexity index is 243. The van der Waals surface area contributed by atoms with Gasteiger partial charge in [0.05, 0.1) is 12.7 Å². The summed E-state index contributed by atoms with van der Waals surface area (Å²) in [4.78, 5) is 11.5. The van der Waals surface area contributed by atoms with E-state index in [2.05, 4.69) is 0 Å². The predicted octanol–water partition coefficient (Wildman–Crippen LogP) is 1.28. The molecule has 1 aliphatic heterocycles. The number of epoxide rings is 1. The van der Waals surface area contributed by atoms with Crippen molar-refractivity contribution in [2.75, 3.05) is 13.7 Å². The van der Waals surface area contributed by atoms with Crippen LogP contribution in [0.3, 0.4) is 0 Å². The lowest BCUT2D eigenvalue weighted by Crippen LogP contribution is -2.30. The lowest BCUT2D eigenvalue weighted by Gasteiger charge is -2.25. The van der Waals surface area contributed by atoms with E-state index >= 15 is 0 Å². The molecule has 2 rings (SSSR count). The summed E-state index contributed by atoms with van der Waals surface area (Å²) < 4.78 is 15.8. The molecule has 0 aromatic heterocycles. The van der Waals surface area contributed by atoms with Crippen LogP contribution >= 0.6 is 0 Å². The highest BCUT2D eigenvalue weighted by molar-refractivity contribution is 5.79. The van der Waals surface area contributed by atoms with Gasteiger partial charge >= 0.3 is 5.97 Å². The van der Waals surface area contributed by atoms with E-state index in [0.717, 1.165) is 25.7 Å². The van der Waals surface area contributed by atoms with Gasteiger partial charge in [0, 0.05) is 7.11 Å². The summed E-state index contributed by atoms with van der Waals surface area (Å²) in [5, 5.41) is 0. The van der Waals surface area contributed by atoms with Gasteiger partial charge in [-0.3, -0.25) is 0 Å². The minimum Gasteiger partial charge on any atom is -0.464 e. The first-order valence-electron chi connectivity index (χ1n) is 5.59. The summed E-state index contributed by atoms with van der Waals surface area (Å²) in [5.74, 6) is -0.201. The molecule has 1 saturated heterocycles. The van der Waals surface area contributed by atoms with Crippen molar-refractivity contribution in [2.24, 2.45) is 0 Å². The zero-order valence-electron chi connectivity index (χ0n) is 9.32. The Kier molecular flexibility index (Phi) is 2.98. The molecule has 2 aliphatic rings. The summed E-state index contributed by atoms with van der Waals surface area (Å²) in [7, 11) is 1.74. The van der Waals surface area contributed by atoms with Crippen molar-refractivity contribution in [3.63, 3.8) is 0 Å². The van der Waals surface area contributed by atoms with Crippen molar-refractivity contribution >= 4 is 5.97 Å². The fourth-order valence-electron chi connectivity index (χ4n) is 2.38. The first kappa shape index (κ1) is 10.9. The minimum atomic E-state index is -0.310. The van der Waals surface area contributed by atoms with Gasteiger partial charge in [-0.2, -0.15) is 0 Å². The second-order valence-corrected chi connectivity index (χ2v) is 4.25. The van der Waals surface area contributed by atoms with Crippen LogP contribution in [-0.2, 0) is 19.0 Å². The van der Waals surface area contributed by atoms with E-state index in [1.54, 1.807) is 7.11 Å². The van der Waals surface area contributed by atoms with Crippen LogP contribution < -0.4 is 0 Å². The number of ether oxygens (including phenoxy) is 3. The van der Waals surface area contributed by atoms with Crippen LogP contribution in [0.1, 0.15) is 32.6 Å². The molecule has 1 unspecified atom stereocenters. The first-order valence-corrected chi connectivity index (χ1v) is 5.59. The fraction of sp³-hybridized carbons (Fsp3) is 0.909. The van der Waals surface area contributed by atoms with Gasteiger partial charge in [-0.1, -0.05) is 0 Å². The zero-order valence-corrected chi connectivity index (χ0v) is 9.32. The third kappa shape index (κ3) is 2.01. The summed E-state index contributed by atoms with van der Waals surface area (Å²) in [5.41, 5.74) is -0.207. The molecule has 1 spiro atoms. The van der Waals surface area contributed by atoms with E-state index in [4.69, 9.17) is 14.2 Å². The number of hydrogen-bond donors (Lipinski definition) is 0. The van der Waals surface area contributed by atoms with Gasteiger partial charge in [-0.25, -0.2) is 4.79 Å². The highest BCUT2D eigenvalue weighted by Gasteiger charge is 2.62. The number of carbonyl (C=O) groups is 1. The number of carbonyl (C=O) groups excluding carboxylic acids is 1. The topological polar surface area (TPSA) is 48.1 Å². The molecule has 1 heterocycles. The molecule has 2 fully saturated rings. The average Bonchev–Trinajstić information content (AvgIpc) is 2.94. The van der Waals surface area contributed by atoms with Crippen LogP contribution in [0, 0.1) is 0 Å². The van der Waals surface area contributed by atoms with Gasteiger partial charge in [0.15, 0.2) is 6.10 Å². The maximum absolute atomic E-state index is 11.5. The van der Waals surface area contributed by atoms with Crippen molar-refractivity contribution in [3.05, 3.63) is 0 Å². The van der Waals surface area contributed by atoms with E-state index in [9.17, 15) is 4.79 Å². The molecule has 4 heteroatoms. The summed E-state index contributed by atoms with van der Waals surface area (Å²) in [6.07, 6.45) is 3.81. The van der Waals surface area contributed by atoms with Gasteiger partial charge in [0.25, 0.3) is 0 Å². The Hall–Kier alpha value is -0.610. The van der Waals surface area contributed by atoms with Crippen molar-refractivity contribution in [2.45, 2.75) is 50.4 Å². The van der Waals surface area contributed by atoms with E-state index in [-0.39, 0.29) is 17.7 Å². The third-order valence-electron chi connectivity index (χ3n) is 3.39. The van der Waals surface area contributed by atoms with E-state index in [0.29, 0.717) is 12.7 Å². The minimum absolute atomic E-state index is 0.201. The summed E-state index contributed by atoms with van der Waals surface area (Å²) in [6, 6.07) is 0. The van der Waals surface area contributed by atoms with Crippen LogP contribution in [0.4, 0.5) is 0 Å². The highest BCUT2D eigenvalue weighted by atomic mass is 16.7. The number of esters is 1. The Balaban J connectivity index is 1.84. The van der Waals surface area contributed by atoms with E-state index < -0.39 is 0 Å². The molecule has 0 aromatic carbocycles. The van der Waals surface area contributed by atoms with Crippen LogP contribution in [-0.4, -0.2) is 37.5 Å². The standard InChI is InChI=1S/C11H18O4/c1-3-14-10(12)9-11(15-9)6-4-8(13-2)5-7-11/h8-9H,3-7H2,1-2H3. The third-order valence-corrected chi connectivity index (χ3v) is 3.39. The highest BCUT2D eigenvalue weighted by Crippen LogP contribution is 2.48. The van der Waals surface area contributed by atoms with Crippen LogP contribution in [0.5, 0.6) is 0 Å². The molecule has 0 aromatic rings. The molecule has 1 saturated carbocycles. The Labute approximate surface area is 89.9 Å². The maximum atomic E-state index is 11.5. The Morgan fingerprint density at radius 2 is 2.13 bits per heavy atom. The molecule has 0 amide bonds. The zero-order chi connectivity index (χ0) is 10.9. The summed E-state index contributed by atoms with van der Waals surface area (Å²) >= 11 is 0. The molecular formula is C11H18O4. The Morgan fingerprint density at radius 1 is 1.47 bits per heavy atom. The Morgan fingerprint density at radius 3 is 2.67 bits per heavy atom. The van der Waals surface area contributed by atoms with Crippen molar-refractivity contribution in [1.29, 1.82) is 0 Å². The van der Waals surface area contributed by atoms with Gasteiger partial charge in [0.1, 0.15) is 5.60 Å². The molecule has 0 radical (unpaired) electrons. The molecule has 1 atom stereocenters. The normalized spacial score (nSPS) is 39.1. The number of hydrogen-bond acceptors (Lipinski definition) is 4. The van der Waals surface area contributed by atoms with Crippen LogP contribution in [0.15, 0.2) is 0 Å². The SMILES string of the molecule is CCOC(=O)C1OC12CCC(OC)CC2. The molecule has 15 heavy (non-hydrogen) atoms. The lowest BCUT2D eigenvalue weighted by molar-refractivity contribution is -0.144. The average molecular weight is 214 g/mol. The molecule has 4 nitrogen and oxygen atoms in total. The smallest absolute Gasteiger partial charge is 0.338 e. The number of rotatable bonds is 3. The molecular weight excluding hydrogens is 196 g/mol. The number of methoxy groups -OCH3 is 1. The second-order valence-electron chi connectivity index (χ2n) is 4.25. The van der Waals surface area contributed by atoms with Crippen LogP contribution in [0.25, 0.3) is 0 Å². The first-order chi connectivity index (χ1) is 7.22. The van der Waals surface area contributed by atoms with E-state index in [1.165, 1.54) is 0 Å². The van der Waals surface area contributed by atoms with Gasteiger partial charge < -0.3 is 14.2 Å². The quantitative estimate of drug-likeness (QED) is 0.524. The predicted molar refractivity (Wildman–Crippen MR) is 53.5 cm³/mol. The van der Waals surface area contributed by atoms with Gasteiger partial charge in [-0.05, 0) is 32.6 Å². The maximum Gasteiger partial charge on any atom is 0.338 e. The largest absolute Gasteiger partial charge is 0.464 e.